The molecule has 0 fully saturated rings. The highest BCUT2D eigenvalue weighted by Crippen LogP contribution is 2.46. The van der Waals surface area contributed by atoms with E-state index in [0.29, 0.717) is 17.2 Å². The van der Waals surface area contributed by atoms with Gasteiger partial charge in [-0.05, 0) is 6.07 Å². The normalized spacial score (nSPS) is 10.9. The minimum atomic E-state index is 0.580. The summed E-state index contributed by atoms with van der Waals surface area (Å²) in [7, 11) is 6.47. The van der Waals surface area contributed by atoms with E-state index in [-0.39, 0.29) is 0 Å². The van der Waals surface area contributed by atoms with Crippen molar-refractivity contribution in [2.75, 3.05) is 28.4 Å². The number of aromatic nitrogens is 1. The Balaban J connectivity index is 2.50. The Labute approximate surface area is 122 Å². The largest absolute Gasteiger partial charge is 0.495 e. The highest BCUT2D eigenvalue weighted by Gasteiger charge is 2.20. The number of nitrogens with one attached hydrogen (secondary N) is 1. The van der Waals surface area contributed by atoms with Crippen molar-refractivity contribution in [3.05, 3.63) is 24.3 Å². The minimum Gasteiger partial charge on any atom is -0.495 e. The van der Waals surface area contributed by atoms with Crippen LogP contribution in [0.2, 0.25) is 0 Å². The van der Waals surface area contributed by atoms with E-state index < -0.39 is 0 Å². The van der Waals surface area contributed by atoms with Gasteiger partial charge in [0, 0.05) is 11.5 Å². The Morgan fingerprint density at radius 3 is 2.14 bits per heavy atom. The van der Waals surface area contributed by atoms with Crippen LogP contribution in [0.1, 0.15) is 0 Å². The number of hydrogen-bond acceptors (Lipinski definition) is 4. The lowest BCUT2D eigenvalue weighted by atomic mass is 10.1. The van der Waals surface area contributed by atoms with Crippen molar-refractivity contribution in [3.8, 4) is 23.0 Å². The Morgan fingerprint density at radius 2 is 1.52 bits per heavy atom. The molecule has 0 amide bonds. The van der Waals surface area contributed by atoms with E-state index in [0.717, 1.165) is 27.6 Å². The lowest BCUT2D eigenvalue weighted by molar-refractivity contribution is 0.327. The molecule has 0 unspecified atom stereocenters. The molecule has 21 heavy (non-hydrogen) atoms. The fraction of sp³-hybridized carbons (Fsp3) is 0.250. The van der Waals surface area contributed by atoms with Gasteiger partial charge >= 0.3 is 0 Å². The summed E-state index contributed by atoms with van der Waals surface area (Å²) >= 11 is 0. The summed E-state index contributed by atoms with van der Waals surface area (Å²) in [6, 6.07) is 7.78. The van der Waals surface area contributed by atoms with Gasteiger partial charge in [-0.1, -0.05) is 12.1 Å². The van der Waals surface area contributed by atoms with Crippen LogP contribution in [-0.2, 0) is 0 Å². The summed E-state index contributed by atoms with van der Waals surface area (Å²) in [5.41, 5.74) is 1.83. The van der Waals surface area contributed by atoms with Gasteiger partial charge in [0.1, 0.15) is 5.75 Å². The number of fused-ring (bicyclic) bond motifs is 3. The van der Waals surface area contributed by atoms with Crippen LogP contribution in [0, 0.1) is 0 Å². The van der Waals surface area contributed by atoms with Gasteiger partial charge in [-0.3, -0.25) is 0 Å². The Morgan fingerprint density at radius 1 is 0.810 bits per heavy atom. The van der Waals surface area contributed by atoms with Gasteiger partial charge in [0.15, 0.2) is 11.5 Å². The first-order valence-corrected chi connectivity index (χ1v) is 6.52. The molecule has 5 heteroatoms. The fourth-order valence-corrected chi connectivity index (χ4v) is 2.70. The van der Waals surface area contributed by atoms with Crippen LogP contribution >= 0.6 is 0 Å². The van der Waals surface area contributed by atoms with Crippen LogP contribution in [0.25, 0.3) is 21.8 Å². The third-order valence-corrected chi connectivity index (χ3v) is 3.61. The van der Waals surface area contributed by atoms with Crippen molar-refractivity contribution < 1.29 is 18.9 Å². The molecule has 0 aliphatic carbocycles. The van der Waals surface area contributed by atoms with Gasteiger partial charge in [0.05, 0.1) is 44.9 Å². The average Bonchev–Trinajstić information content (AvgIpc) is 2.90. The summed E-state index contributed by atoms with van der Waals surface area (Å²) in [6.45, 7) is 0. The summed E-state index contributed by atoms with van der Waals surface area (Å²) < 4.78 is 21.8. The molecule has 0 saturated carbocycles. The van der Waals surface area contributed by atoms with E-state index >= 15 is 0 Å². The van der Waals surface area contributed by atoms with Gasteiger partial charge in [0.25, 0.3) is 0 Å². The van der Waals surface area contributed by atoms with Crippen molar-refractivity contribution in [1.82, 2.24) is 4.98 Å². The number of methoxy groups -OCH3 is 4. The van der Waals surface area contributed by atoms with Crippen molar-refractivity contribution in [3.63, 3.8) is 0 Å². The lowest BCUT2D eigenvalue weighted by Gasteiger charge is -2.13. The second kappa shape index (κ2) is 5.09. The molecule has 1 heterocycles. The van der Waals surface area contributed by atoms with Crippen molar-refractivity contribution >= 4 is 21.8 Å². The molecule has 0 atom stereocenters. The molecule has 5 nitrogen and oxygen atoms in total. The second-order valence-corrected chi connectivity index (χ2v) is 4.58. The third-order valence-electron chi connectivity index (χ3n) is 3.61. The minimum absolute atomic E-state index is 0.580. The molecule has 0 spiro atoms. The second-order valence-electron chi connectivity index (χ2n) is 4.58. The van der Waals surface area contributed by atoms with Gasteiger partial charge in [-0.25, -0.2) is 0 Å². The quantitative estimate of drug-likeness (QED) is 0.799. The number of aromatic amines is 1. The Bertz CT molecular complexity index is 807. The monoisotopic (exact) mass is 287 g/mol. The summed E-state index contributed by atoms with van der Waals surface area (Å²) in [6.07, 6.45) is 0. The molecule has 0 radical (unpaired) electrons. The molecule has 0 aliphatic heterocycles. The molecule has 0 aliphatic rings. The molecule has 1 aromatic heterocycles. The molecule has 2 aromatic carbocycles. The van der Waals surface area contributed by atoms with Crippen molar-refractivity contribution in [2.24, 2.45) is 0 Å². The smallest absolute Gasteiger partial charge is 0.204 e. The molecule has 1 N–H and O–H groups in total. The summed E-state index contributed by atoms with van der Waals surface area (Å²) in [4.78, 5) is 3.36. The number of ether oxygens (including phenoxy) is 4. The van der Waals surface area contributed by atoms with Gasteiger partial charge in [0.2, 0.25) is 5.75 Å². The van der Waals surface area contributed by atoms with Crippen molar-refractivity contribution in [2.45, 2.75) is 0 Å². The maximum atomic E-state index is 5.57. The zero-order valence-corrected chi connectivity index (χ0v) is 12.4. The van der Waals surface area contributed by atoms with E-state index in [4.69, 9.17) is 18.9 Å². The van der Waals surface area contributed by atoms with Crippen LogP contribution in [0.5, 0.6) is 23.0 Å². The van der Waals surface area contributed by atoms with Crippen LogP contribution in [0.15, 0.2) is 24.3 Å². The predicted molar refractivity (Wildman–Crippen MR) is 82.0 cm³/mol. The SMILES string of the molecule is COc1cc2[nH]c3c(OC)cccc3c2c(OC)c1OC. The first kappa shape index (κ1) is 13.4. The molecule has 0 bridgehead atoms. The zero-order valence-electron chi connectivity index (χ0n) is 12.4. The highest BCUT2D eigenvalue weighted by molar-refractivity contribution is 6.13. The maximum Gasteiger partial charge on any atom is 0.204 e. The van der Waals surface area contributed by atoms with E-state index in [9.17, 15) is 0 Å². The first-order chi connectivity index (χ1) is 10.2. The Kier molecular flexibility index (Phi) is 3.25. The average molecular weight is 287 g/mol. The van der Waals surface area contributed by atoms with E-state index in [1.54, 1.807) is 28.4 Å². The summed E-state index contributed by atoms with van der Waals surface area (Å²) in [5.74, 6) is 2.62. The maximum absolute atomic E-state index is 5.57. The van der Waals surface area contributed by atoms with E-state index in [1.807, 2.05) is 24.3 Å². The van der Waals surface area contributed by atoms with Gasteiger partial charge in [-0.2, -0.15) is 0 Å². The number of rotatable bonds is 4. The van der Waals surface area contributed by atoms with Gasteiger partial charge in [-0.15, -0.1) is 0 Å². The van der Waals surface area contributed by atoms with E-state index in [1.165, 1.54) is 0 Å². The standard InChI is InChI=1S/C16H17NO4/c1-18-11-7-5-6-9-13-10(17-14(9)11)8-12(19-2)15(20-3)16(13)21-4/h5-8,17H,1-4H3. The van der Waals surface area contributed by atoms with Crippen LogP contribution in [-0.4, -0.2) is 33.4 Å². The number of benzene rings is 2. The van der Waals surface area contributed by atoms with E-state index in [2.05, 4.69) is 4.98 Å². The zero-order chi connectivity index (χ0) is 15.0. The number of H-pyrrole nitrogens is 1. The fourth-order valence-electron chi connectivity index (χ4n) is 2.70. The molecule has 0 saturated heterocycles. The topological polar surface area (TPSA) is 52.7 Å². The Hall–Kier alpha value is -2.56. The third kappa shape index (κ3) is 1.85. The number of hydrogen-bond donors (Lipinski definition) is 1. The molecule has 3 rings (SSSR count). The van der Waals surface area contributed by atoms with Crippen LogP contribution in [0.3, 0.4) is 0 Å². The number of para-hydroxylation sites is 1. The molecule has 110 valence electrons. The highest BCUT2D eigenvalue weighted by atomic mass is 16.5. The first-order valence-electron chi connectivity index (χ1n) is 6.52. The van der Waals surface area contributed by atoms with Crippen LogP contribution in [0.4, 0.5) is 0 Å². The van der Waals surface area contributed by atoms with Gasteiger partial charge < -0.3 is 23.9 Å². The predicted octanol–water partition coefficient (Wildman–Crippen LogP) is 3.36. The molecular weight excluding hydrogens is 270 g/mol. The molecular formula is C16H17NO4. The lowest BCUT2D eigenvalue weighted by Crippen LogP contribution is -1.95. The summed E-state index contributed by atoms with van der Waals surface area (Å²) in [5, 5.41) is 1.96. The molecule has 3 aromatic rings. The van der Waals surface area contributed by atoms with Crippen LogP contribution < -0.4 is 18.9 Å². The van der Waals surface area contributed by atoms with Crippen molar-refractivity contribution in [1.29, 1.82) is 0 Å².